The Labute approximate surface area is 113 Å². The van der Waals surface area contributed by atoms with E-state index in [4.69, 9.17) is 0 Å². The van der Waals surface area contributed by atoms with Crippen LogP contribution in [0.1, 0.15) is 29.8 Å². The highest BCUT2D eigenvalue weighted by atomic mass is 16.1. The molecule has 3 nitrogen and oxygen atoms in total. The van der Waals surface area contributed by atoms with E-state index in [2.05, 4.69) is 30.2 Å². The fourth-order valence-corrected chi connectivity index (χ4v) is 1.95. The third kappa shape index (κ3) is 3.91. The van der Waals surface area contributed by atoms with Crippen molar-refractivity contribution in [2.24, 2.45) is 5.92 Å². The zero-order chi connectivity index (χ0) is 13.7. The maximum atomic E-state index is 12.0. The van der Waals surface area contributed by atoms with E-state index < -0.39 is 0 Å². The highest BCUT2D eigenvalue weighted by Gasteiger charge is 2.06. The van der Waals surface area contributed by atoms with Gasteiger partial charge in [0.25, 0.3) is 5.91 Å². The summed E-state index contributed by atoms with van der Waals surface area (Å²) in [5, 5.41) is 2.89. The monoisotopic (exact) mass is 254 g/mol. The zero-order valence-electron chi connectivity index (χ0n) is 11.3. The van der Waals surface area contributed by atoms with Gasteiger partial charge in [-0.15, -0.1) is 0 Å². The van der Waals surface area contributed by atoms with Crippen LogP contribution in [0.3, 0.4) is 0 Å². The Kier molecular flexibility index (Phi) is 4.29. The molecule has 0 saturated carbocycles. The van der Waals surface area contributed by atoms with Gasteiger partial charge in [0, 0.05) is 18.1 Å². The minimum Gasteiger partial charge on any atom is -0.322 e. The van der Waals surface area contributed by atoms with Crippen LogP contribution < -0.4 is 5.32 Å². The molecule has 0 aliphatic heterocycles. The smallest absolute Gasteiger partial charge is 0.257 e. The summed E-state index contributed by atoms with van der Waals surface area (Å²) in [5.41, 5.74) is 2.63. The fourth-order valence-electron chi connectivity index (χ4n) is 1.95. The van der Waals surface area contributed by atoms with E-state index in [9.17, 15) is 4.79 Å². The molecule has 2 aromatic rings. The number of nitrogens with one attached hydrogen (secondary N) is 1. The summed E-state index contributed by atoms with van der Waals surface area (Å²) in [7, 11) is 0. The summed E-state index contributed by atoms with van der Waals surface area (Å²) in [6, 6.07) is 11.5. The standard InChI is InChI=1S/C16H18N2O/c1-12(2)9-13-5-3-7-15(10-13)18-16(19)14-6-4-8-17-11-14/h3-8,10-12H,9H2,1-2H3,(H,18,19). The third-order valence-corrected chi connectivity index (χ3v) is 2.75. The van der Waals surface area contributed by atoms with Gasteiger partial charge in [0.05, 0.1) is 5.56 Å². The summed E-state index contributed by atoms with van der Waals surface area (Å²) < 4.78 is 0. The molecule has 0 radical (unpaired) electrons. The van der Waals surface area contributed by atoms with Crippen molar-refractivity contribution in [2.45, 2.75) is 20.3 Å². The molecule has 98 valence electrons. The Morgan fingerprint density at radius 1 is 1.26 bits per heavy atom. The van der Waals surface area contributed by atoms with Crippen LogP contribution in [0.4, 0.5) is 5.69 Å². The van der Waals surface area contributed by atoms with Gasteiger partial charge >= 0.3 is 0 Å². The van der Waals surface area contributed by atoms with Crippen molar-refractivity contribution in [1.82, 2.24) is 4.98 Å². The lowest BCUT2D eigenvalue weighted by molar-refractivity contribution is 0.102. The lowest BCUT2D eigenvalue weighted by atomic mass is 10.0. The molecule has 0 atom stereocenters. The maximum absolute atomic E-state index is 12.0. The highest BCUT2D eigenvalue weighted by molar-refractivity contribution is 6.04. The molecule has 3 heteroatoms. The second-order valence-electron chi connectivity index (χ2n) is 4.99. The van der Waals surface area contributed by atoms with Crippen molar-refractivity contribution in [3.8, 4) is 0 Å². The van der Waals surface area contributed by atoms with Crippen LogP contribution >= 0.6 is 0 Å². The van der Waals surface area contributed by atoms with E-state index in [1.54, 1.807) is 24.5 Å². The molecular formula is C16H18N2O. The van der Waals surface area contributed by atoms with Gasteiger partial charge < -0.3 is 5.32 Å². The van der Waals surface area contributed by atoms with Crippen LogP contribution in [0, 0.1) is 5.92 Å². The molecule has 0 fully saturated rings. The number of rotatable bonds is 4. The number of carbonyl (C=O) groups excluding carboxylic acids is 1. The molecule has 1 aromatic carbocycles. The summed E-state index contributed by atoms with van der Waals surface area (Å²) >= 11 is 0. The number of amides is 1. The first-order valence-corrected chi connectivity index (χ1v) is 6.45. The van der Waals surface area contributed by atoms with Gasteiger partial charge in [-0.3, -0.25) is 9.78 Å². The average molecular weight is 254 g/mol. The molecule has 1 N–H and O–H groups in total. The Morgan fingerprint density at radius 3 is 2.79 bits per heavy atom. The van der Waals surface area contributed by atoms with Gasteiger partial charge in [0.2, 0.25) is 0 Å². The lowest BCUT2D eigenvalue weighted by Gasteiger charge is -2.09. The molecule has 1 amide bonds. The van der Waals surface area contributed by atoms with Crippen molar-refractivity contribution < 1.29 is 4.79 Å². The van der Waals surface area contributed by atoms with Crippen molar-refractivity contribution in [3.05, 3.63) is 59.9 Å². The van der Waals surface area contributed by atoms with Crippen LogP contribution in [0.5, 0.6) is 0 Å². The number of carbonyl (C=O) groups is 1. The van der Waals surface area contributed by atoms with Crippen LogP contribution in [0.25, 0.3) is 0 Å². The number of hydrogen-bond donors (Lipinski definition) is 1. The minimum absolute atomic E-state index is 0.130. The summed E-state index contributed by atoms with van der Waals surface area (Å²) in [5.74, 6) is 0.471. The molecule has 0 spiro atoms. The van der Waals surface area contributed by atoms with Gasteiger partial charge in [-0.05, 0) is 42.2 Å². The van der Waals surface area contributed by atoms with Crippen molar-refractivity contribution >= 4 is 11.6 Å². The molecular weight excluding hydrogens is 236 g/mol. The topological polar surface area (TPSA) is 42.0 Å². The predicted molar refractivity (Wildman–Crippen MR) is 77.2 cm³/mol. The summed E-state index contributed by atoms with van der Waals surface area (Å²) in [6.07, 6.45) is 4.23. The van der Waals surface area contributed by atoms with Gasteiger partial charge in [0.1, 0.15) is 0 Å². The minimum atomic E-state index is -0.130. The predicted octanol–water partition coefficient (Wildman–Crippen LogP) is 3.53. The van der Waals surface area contributed by atoms with E-state index in [0.29, 0.717) is 11.5 Å². The van der Waals surface area contributed by atoms with E-state index in [-0.39, 0.29) is 5.91 Å². The molecule has 0 aliphatic rings. The molecule has 1 heterocycles. The first kappa shape index (κ1) is 13.3. The average Bonchev–Trinajstić information content (AvgIpc) is 2.39. The van der Waals surface area contributed by atoms with E-state index in [1.165, 1.54) is 5.56 Å². The van der Waals surface area contributed by atoms with Crippen molar-refractivity contribution in [2.75, 3.05) is 5.32 Å². The largest absolute Gasteiger partial charge is 0.322 e. The first-order chi connectivity index (χ1) is 9.15. The number of anilines is 1. The number of aromatic nitrogens is 1. The molecule has 0 aliphatic carbocycles. The SMILES string of the molecule is CC(C)Cc1cccc(NC(=O)c2cccnc2)c1. The van der Waals surface area contributed by atoms with E-state index in [0.717, 1.165) is 12.1 Å². The first-order valence-electron chi connectivity index (χ1n) is 6.45. The second-order valence-corrected chi connectivity index (χ2v) is 4.99. The molecule has 0 saturated heterocycles. The van der Waals surface area contributed by atoms with Gasteiger partial charge in [-0.2, -0.15) is 0 Å². The van der Waals surface area contributed by atoms with Crippen LogP contribution in [-0.2, 0) is 6.42 Å². The third-order valence-electron chi connectivity index (χ3n) is 2.75. The summed E-state index contributed by atoms with van der Waals surface area (Å²) in [4.78, 5) is 15.9. The number of benzene rings is 1. The van der Waals surface area contributed by atoms with E-state index >= 15 is 0 Å². The summed E-state index contributed by atoms with van der Waals surface area (Å²) in [6.45, 7) is 4.36. The molecule has 19 heavy (non-hydrogen) atoms. The Hall–Kier alpha value is -2.16. The fraction of sp³-hybridized carbons (Fsp3) is 0.250. The number of hydrogen-bond acceptors (Lipinski definition) is 2. The highest BCUT2D eigenvalue weighted by Crippen LogP contribution is 2.15. The zero-order valence-corrected chi connectivity index (χ0v) is 11.3. The lowest BCUT2D eigenvalue weighted by Crippen LogP contribution is -2.12. The van der Waals surface area contributed by atoms with Gasteiger partial charge in [0.15, 0.2) is 0 Å². The van der Waals surface area contributed by atoms with Crippen LogP contribution in [0.15, 0.2) is 48.8 Å². The Morgan fingerprint density at radius 2 is 2.11 bits per heavy atom. The van der Waals surface area contributed by atoms with Crippen molar-refractivity contribution in [1.29, 1.82) is 0 Å². The van der Waals surface area contributed by atoms with Gasteiger partial charge in [-0.25, -0.2) is 0 Å². The molecule has 2 rings (SSSR count). The number of pyridine rings is 1. The van der Waals surface area contributed by atoms with Crippen LogP contribution in [0.2, 0.25) is 0 Å². The van der Waals surface area contributed by atoms with Crippen molar-refractivity contribution in [3.63, 3.8) is 0 Å². The van der Waals surface area contributed by atoms with E-state index in [1.807, 2.05) is 18.2 Å². The second kappa shape index (κ2) is 6.14. The molecule has 1 aromatic heterocycles. The quantitative estimate of drug-likeness (QED) is 0.906. The normalized spacial score (nSPS) is 10.5. The Balaban J connectivity index is 2.09. The Bertz CT molecular complexity index is 550. The van der Waals surface area contributed by atoms with Crippen LogP contribution in [-0.4, -0.2) is 10.9 Å². The molecule has 0 bridgehead atoms. The maximum Gasteiger partial charge on any atom is 0.257 e. The number of nitrogens with zero attached hydrogens (tertiary/aromatic N) is 1. The molecule has 0 unspecified atom stereocenters. The van der Waals surface area contributed by atoms with Gasteiger partial charge in [-0.1, -0.05) is 26.0 Å².